The van der Waals surface area contributed by atoms with Gasteiger partial charge in [0, 0.05) is 6.26 Å². The van der Waals surface area contributed by atoms with E-state index in [4.69, 9.17) is 0 Å². The predicted octanol–water partition coefficient (Wildman–Crippen LogP) is 2.92. The second-order valence-electron chi connectivity index (χ2n) is 6.62. The first kappa shape index (κ1) is 15.3. The summed E-state index contributed by atoms with van der Waals surface area (Å²) < 4.78 is 23.4. The molecule has 0 aromatic heterocycles. The van der Waals surface area contributed by atoms with E-state index in [2.05, 4.69) is 0 Å². The summed E-state index contributed by atoms with van der Waals surface area (Å²) in [5.74, 6) is 0.613. The molecular formula is C15H28O3S. The summed E-state index contributed by atoms with van der Waals surface area (Å²) in [4.78, 5) is 0. The van der Waals surface area contributed by atoms with Crippen LogP contribution in [-0.2, 0) is 9.84 Å². The zero-order chi connectivity index (χ0) is 13.9. The van der Waals surface area contributed by atoms with E-state index in [1.807, 2.05) is 0 Å². The van der Waals surface area contributed by atoms with E-state index >= 15 is 0 Å². The smallest absolute Gasteiger partial charge is 0.150 e. The maximum atomic E-state index is 11.7. The lowest BCUT2D eigenvalue weighted by Crippen LogP contribution is -2.36. The van der Waals surface area contributed by atoms with Gasteiger partial charge in [-0.05, 0) is 43.9 Å². The molecule has 0 aromatic carbocycles. The molecule has 112 valence electrons. The Balaban J connectivity index is 1.96. The van der Waals surface area contributed by atoms with Gasteiger partial charge in [-0.1, -0.05) is 32.1 Å². The molecule has 2 aliphatic carbocycles. The standard InChI is InChI=1S/C15H28O3S/c1-19(17,18)14-10-6-9-13(11-14)15(16)12-7-4-2-3-5-8-12/h12-16H,2-11H2,1H3. The second-order valence-corrected chi connectivity index (χ2v) is 8.95. The zero-order valence-corrected chi connectivity index (χ0v) is 12.9. The van der Waals surface area contributed by atoms with E-state index in [0.717, 1.165) is 32.1 Å². The van der Waals surface area contributed by atoms with Gasteiger partial charge in [-0.2, -0.15) is 0 Å². The van der Waals surface area contributed by atoms with Crippen molar-refractivity contribution in [1.29, 1.82) is 0 Å². The Hall–Kier alpha value is -0.0900. The fraction of sp³-hybridized carbons (Fsp3) is 1.00. The highest BCUT2D eigenvalue weighted by Crippen LogP contribution is 2.36. The molecule has 2 rings (SSSR count). The maximum absolute atomic E-state index is 11.7. The molecule has 0 aliphatic heterocycles. The Morgan fingerprint density at radius 1 is 0.895 bits per heavy atom. The fourth-order valence-corrected chi connectivity index (χ4v) is 5.11. The molecule has 0 heterocycles. The van der Waals surface area contributed by atoms with E-state index in [1.165, 1.54) is 31.9 Å². The third kappa shape index (κ3) is 4.19. The first-order chi connectivity index (χ1) is 8.98. The number of hydrogen-bond donors (Lipinski definition) is 1. The Labute approximate surface area is 117 Å². The number of sulfone groups is 1. The molecule has 19 heavy (non-hydrogen) atoms. The Kier molecular flexibility index (Phi) is 5.29. The van der Waals surface area contributed by atoms with Gasteiger partial charge in [-0.25, -0.2) is 8.42 Å². The van der Waals surface area contributed by atoms with Crippen LogP contribution in [0, 0.1) is 11.8 Å². The highest BCUT2D eigenvalue weighted by Gasteiger charge is 2.35. The lowest BCUT2D eigenvalue weighted by molar-refractivity contribution is 0.0278. The Bertz CT molecular complexity index is 369. The van der Waals surface area contributed by atoms with Gasteiger partial charge in [0.25, 0.3) is 0 Å². The van der Waals surface area contributed by atoms with Crippen molar-refractivity contribution in [2.75, 3.05) is 6.26 Å². The van der Waals surface area contributed by atoms with Crippen molar-refractivity contribution >= 4 is 9.84 Å². The van der Waals surface area contributed by atoms with Crippen molar-refractivity contribution in [3.05, 3.63) is 0 Å². The van der Waals surface area contributed by atoms with Crippen LogP contribution in [0.25, 0.3) is 0 Å². The van der Waals surface area contributed by atoms with E-state index in [9.17, 15) is 13.5 Å². The summed E-state index contributed by atoms with van der Waals surface area (Å²) in [7, 11) is -2.94. The van der Waals surface area contributed by atoms with E-state index < -0.39 is 9.84 Å². The quantitative estimate of drug-likeness (QED) is 0.812. The number of hydrogen-bond acceptors (Lipinski definition) is 3. The van der Waals surface area contributed by atoms with Crippen molar-refractivity contribution in [3.8, 4) is 0 Å². The fourth-order valence-electron chi connectivity index (χ4n) is 3.92. The number of rotatable bonds is 3. The van der Waals surface area contributed by atoms with Crippen molar-refractivity contribution in [3.63, 3.8) is 0 Å². The lowest BCUT2D eigenvalue weighted by atomic mass is 9.78. The summed E-state index contributed by atoms with van der Waals surface area (Å²) in [5, 5.41) is 10.4. The molecule has 0 aromatic rings. The van der Waals surface area contributed by atoms with Crippen LogP contribution in [0.15, 0.2) is 0 Å². The van der Waals surface area contributed by atoms with Crippen molar-refractivity contribution in [1.82, 2.24) is 0 Å². The van der Waals surface area contributed by atoms with E-state index in [0.29, 0.717) is 12.3 Å². The van der Waals surface area contributed by atoms with E-state index in [1.54, 1.807) is 0 Å². The van der Waals surface area contributed by atoms with Gasteiger partial charge in [0.05, 0.1) is 11.4 Å². The van der Waals surface area contributed by atoms with Crippen molar-refractivity contribution in [2.45, 2.75) is 75.6 Å². The van der Waals surface area contributed by atoms with Crippen LogP contribution in [0.5, 0.6) is 0 Å². The molecule has 3 nitrogen and oxygen atoms in total. The highest BCUT2D eigenvalue weighted by molar-refractivity contribution is 7.91. The molecule has 1 N–H and O–H groups in total. The molecule has 0 spiro atoms. The van der Waals surface area contributed by atoms with Crippen LogP contribution in [0.1, 0.15) is 64.2 Å². The largest absolute Gasteiger partial charge is 0.393 e. The second kappa shape index (κ2) is 6.57. The summed E-state index contributed by atoms with van der Waals surface area (Å²) >= 11 is 0. The number of aliphatic hydroxyl groups is 1. The molecule has 2 fully saturated rings. The first-order valence-electron chi connectivity index (χ1n) is 7.85. The monoisotopic (exact) mass is 288 g/mol. The van der Waals surface area contributed by atoms with Gasteiger partial charge >= 0.3 is 0 Å². The minimum atomic E-state index is -2.94. The van der Waals surface area contributed by atoms with Crippen LogP contribution in [0.3, 0.4) is 0 Å². The average Bonchev–Trinajstić information content (AvgIpc) is 2.66. The van der Waals surface area contributed by atoms with Crippen LogP contribution in [-0.4, -0.2) is 31.1 Å². The summed E-state index contributed by atoms with van der Waals surface area (Å²) in [6.45, 7) is 0. The van der Waals surface area contributed by atoms with Crippen molar-refractivity contribution < 1.29 is 13.5 Å². The lowest BCUT2D eigenvalue weighted by Gasteiger charge is -2.35. The zero-order valence-electron chi connectivity index (χ0n) is 12.1. The normalized spacial score (nSPS) is 32.7. The van der Waals surface area contributed by atoms with E-state index in [-0.39, 0.29) is 17.3 Å². The minimum absolute atomic E-state index is 0.205. The third-order valence-corrected chi connectivity index (χ3v) is 6.78. The molecule has 2 aliphatic rings. The molecule has 2 saturated carbocycles. The molecule has 0 amide bonds. The van der Waals surface area contributed by atoms with Crippen LogP contribution in [0.2, 0.25) is 0 Å². The molecule has 3 unspecified atom stereocenters. The summed E-state index contributed by atoms with van der Waals surface area (Å²) in [5.41, 5.74) is 0. The molecular weight excluding hydrogens is 260 g/mol. The molecule has 3 atom stereocenters. The highest BCUT2D eigenvalue weighted by atomic mass is 32.2. The number of aliphatic hydroxyl groups excluding tert-OH is 1. The van der Waals surface area contributed by atoms with Gasteiger partial charge in [0.2, 0.25) is 0 Å². The van der Waals surface area contributed by atoms with Gasteiger partial charge in [-0.15, -0.1) is 0 Å². The molecule has 0 radical (unpaired) electrons. The van der Waals surface area contributed by atoms with Gasteiger partial charge in [0.15, 0.2) is 0 Å². The summed E-state index contributed by atoms with van der Waals surface area (Å²) in [6, 6.07) is 0. The van der Waals surface area contributed by atoms with Gasteiger partial charge < -0.3 is 5.11 Å². The van der Waals surface area contributed by atoms with Crippen LogP contribution in [0.4, 0.5) is 0 Å². The molecule has 0 bridgehead atoms. The maximum Gasteiger partial charge on any atom is 0.150 e. The molecule has 0 saturated heterocycles. The predicted molar refractivity (Wildman–Crippen MR) is 77.8 cm³/mol. The Morgan fingerprint density at radius 2 is 1.47 bits per heavy atom. The topological polar surface area (TPSA) is 54.4 Å². The average molecular weight is 288 g/mol. The summed E-state index contributed by atoms with van der Waals surface area (Å²) in [6.07, 6.45) is 11.8. The first-order valence-corrected chi connectivity index (χ1v) is 9.81. The Morgan fingerprint density at radius 3 is 2.05 bits per heavy atom. The third-order valence-electron chi connectivity index (χ3n) is 5.14. The van der Waals surface area contributed by atoms with Crippen LogP contribution >= 0.6 is 0 Å². The SMILES string of the molecule is CS(=O)(=O)C1CCCC(C(O)C2CCCCCC2)C1. The van der Waals surface area contributed by atoms with Gasteiger partial charge in [-0.3, -0.25) is 0 Å². The molecule has 4 heteroatoms. The van der Waals surface area contributed by atoms with Crippen molar-refractivity contribution in [2.24, 2.45) is 11.8 Å². The van der Waals surface area contributed by atoms with Gasteiger partial charge in [0.1, 0.15) is 9.84 Å². The minimum Gasteiger partial charge on any atom is -0.393 e. The van der Waals surface area contributed by atoms with Crippen LogP contribution < -0.4 is 0 Å².